The van der Waals surface area contributed by atoms with Gasteiger partial charge in [-0.25, -0.2) is 0 Å². The minimum atomic E-state index is -0.670. The number of hydrogen-bond donors (Lipinski definition) is 1. The summed E-state index contributed by atoms with van der Waals surface area (Å²) in [6, 6.07) is 13.8. The van der Waals surface area contributed by atoms with Crippen molar-refractivity contribution in [3.05, 3.63) is 69.7 Å². The van der Waals surface area contributed by atoms with Crippen molar-refractivity contribution in [2.75, 3.05) is 32.8 Å². The first-order valence-electron chi connectivity index (χ1n) is 10.9. The van der Waals surface area contributed by atoms with Gasteiger partial charge in [0, 0.05) is 23.1 Å². The van der Waals surface area contributed by atoms with Crippen molar-refractivity contribution in [2.45, 2.75) is 26.8 Å². The first-order chi connectivity index (χ1) is 15.4. The summed E-state index contributed by atoms with van der Waals surface area (Å²) in [4.78, 5) is 29.9. The van der Waals surface area contributed by atoms with E-state index in [4.69, 9.17) is 4.74 Å². The Kier molecular flexibility index (Phi) is 8.10. The zero-order valence-electron chi connectivity index (χ0n) is 18.7. The van der Waals surface area contributed by atoms with Crippen LogP contribution >= 0.6 is 15.9 Å². The average molecular weight is 501 g/mol. The summed E-state index contributed by atoms with van der Waals surface area (Å²) in [5, 5.41) is 11.2. The van der Waals surface area contributed by atoms with Gasteiger partial charge in [-0.3, -0.25) is 9.59 Å². The van der Waals surface area contributed by atoms with E-state index in [2.05, 4.69) is 34.7 Å². The van der Waals surface area contributed by atoms with Crippen molar-refractivity contribution in [3.8, 4) is 5.75 Å². The van der Waals surface area contributed by atoms with Crippen LogP contribution in [0.25, 0.3) is 5.76 Å². The number of carbonyl (C=O) groups is 2. The van der Waals surface area contributed by atoms with Crippen LogP contribution in [-0.2, 0) is 9.59 Å². The zero-order valence-corrected chi connectivity index (χ0v) is 20.3. The molecule has 1 heterocycles. The highest BCUT2D eigenvalue weighted by Gasteiger charge is 2.45. The number of nitrogens with zero attached hydrogens (tertiary/aromatic N) is 2. The monoisotopic (exact) mass is 500 g/mol. The SMILES string of the molecule is CCOc1cccc(/C(O)=C2\C(=O)C(=O)N(CCN(CC)CC)C2c2ccc(Br)cc2)c1. The van der Waals surface area contributed by atoms with Crippen LogP contribution in [0, 0.1) is 0 Å². The first-order valence-corrected chi connectivity index (χ1v) is 11.7. The van der Waals surface area contributed by atoms with Crippen molar-refractivity contribution in [1.82, 2.24) is 9.80 Å². The molecule has 1 amide bonds. The number of Topliss-reactive ketones (excluding diaryl/α,β-unsaturated/α-hetero) is 1. The maximum absolute atomic E-state index is 13.1. The number of likely N-dealkylation sites (N-methyl/N-ethyl adjacent to an activating group) is 1. The lowest BCUT2D eigenvalue weighted by Crippen LogP contribution is -2.38. The average Bonchev–Trinajstić information content (AvgIpc) is 3.05. The van der Waals surface area contributed by atoms with Gasteiger partial charge in [-0.15, -0.1) is 0 Å². The Hall–Kier alpha value is -2.64. The van der Waals surface area contributed by atoms with Crippen LogP contribution in [0.4, 0.5) is 0 Å². The number of rotatable bonds is 9. The number of hydrogen-bond acceptors (Lipinski definition) is 5. The summed E-state index contributed by atoms with van der Waals surface area (Å²) < 4.78 is 6.43. The van der Waals surface area contributed by atoms with Crippen LogP contribution in [0.2, 0.25) is 0 Å². The predicted molar refractivity (Wildman–Crippen MR) is 129 cm³/mol. The minimum absolute atomic E-state index is 0.102. The van der Waals surface area contributed by atoms with Crippen molar-refractivity contribution in [2.24, 2.45) is 0 Å². The molecular formula is C25H29BrN2O4. The summed E-state index contributed by atoms with van der Waals surface area (Å²) in [6.45, 7) is 9.24. The van der Waals surface area contributed by atoms with Crippen molar-refractivity contribution in [1.29, 1.82) is 0 Å². The van der Waals surface area contributed by atoms with Gasteiger partial charge in [0.25, 0.3) is 11.7 Å². The van der Waals surface area contributed by atoms with Gasteiger partial charge in [-0.2, -0.15) is 0 Å². The topological polar surface area (TPSA) is 70.1 Å². The molecule has 170 valence electrons. The molecule has 0 bridgehead atoms. The minimum Gasteiger partial charge on any atom is -0.507 e. The Balaban J connectivity index is 2.08. The maximum atomic E-state index is 13.1. The molecule has 6 nitrogen and oxygen atoms in total. The molecule has 1 atom stereocenters. The number of halogens is 1. The normalized spacial score (nSPS) is 17.9. The number of amides is 1. The van der Waals surface area contributed by atoms with Gasteiger partial charge in [0.05, 0.1) is 18.2 Å². The third-order valence-corrected chi connectivity index (χ3v) is 6.22. The quantitative estimate of drug-likeness (QED) is 0.309. The second kappa shape index (κ2) is 10.8. The summed E-state index contributed by atoms with van der Waals surface area (Å²) in [5.74, 6) is -0.861. The lowest BCUT2D eigenvalue weighted by atomic mass is 9.95. The second-order valence-corrected chi connectivity index (χ2v) is 8.45. The Labute approximate surface area is 197 Å². The van der Waals surface area contributed by atoms with E-state index in [1.807, 2.05) is 31.2 Å². The number of carbonyl (C=O) groups excluding carboxylic acids is 2. The van der Waals surface area contributed by atoms with E-state index in [0.717, 1.165) is 23.1 Å². The van der Waals surface area contributed by atoms with Gasteiger partial charge in [-0.05, 0) is 49.8 Å². The fourth-order valence-electron chi connectivity index (χ4n) is 3.95. The van der Waals surface area contributed by atoms with Gasteiger partial charge in [0.1, 0.15) is 11.5 Å². The van der Waals surface area contributed by atoms with E-state index >= 15 is 0 Å². The number of aliphatic hydroxyl groups excluding tert-OH is 1. The Morgan fingerprint density at radius 3 is 2.41 bits per heavy atom. The molecule has 3 rings (SSSR count). The van der Waals surface area contributed by atoms with E-state index in [1.165, 1.54) is 0 Å². The van der Waals surface area contributed by atoms with Gasteiger partial charge < -0.3 is 19.6 Å². The van der Waals surface area contributed by atoms with Crippen molar-refractivity contribution >= 4 is 33.4 Å². The number of ketones is 1. The zero-order chi connectivity index (χ0) is 23.3. The number of ether oxygens (including phenoxy) is 1. The molecule has 2 aromatic rings. The van der Waals surface area contributed by atoms with E-state index < -0.39 is 17.7 Å². The van der Waals surface area contributed by atoms with E-state index in [1.54, 1.807) is 29.2 Å². The molecule has 1 aliphatic rings. The summed E-state index contributed by atoms with van der Waals surface area (Å²) >= 11 is 3.44. The lowest BCUT2D eigenvalue weighted by molar-refractivity contribution is -0.140. The molecule has 1 saturated heterocycles. The molecule has 0 spiro atoms. The van der Waals surface area contributed by atoms with Crippen LogP contribution in [0.15, 0.2) is 58.6 Å². The Morgan fingerprint density at radius 1 is 1.09 bits per heavy atom. The highest BCUT2D eigenvalue weighted by molar-refractivity contribution is 9.10. The number of benzene rings is 2. The van der Waals surface area contributed by atoms with Gasteiger partial charge in [-0.1, -0.05) is 54.0 Å². The van der Waals surface area contributed by atoms with Crippen molar-refractivity contribution < 1.29 is 19.4 Å². The number of likely N-dealkylation sites (tertiary alicyclic amines) is 1. The standard InChI is InChI=1S/C25H29BrN2O4/c1-4-27(5-2)14-15-28-22(17-10-12-19(26)13-11-17)21(24(30)25(28)31)23(29)18-8-7-9-20(16-18)32-6-3/h7-13,16,22,29H,4-6,14-15H2,1-3H3/b23-21+. The summed E-state index contributed by atoms with van der Waals surface area (Å²) in [5.41, 5.74) is 1.32. The van der Waals surface area contributed by atoms with Crippen LogP contribution in [0.5, 0.6) is 5.75 Å². The molecule has 0 aromatic heterocycles. The molecule has 1 N–H and O–H groups in total. The third-order valence-electron chi connectivity index (χ3n) is 5.70. The molecule has 0 aliphatic carbocycles. The van der Waals surface area contributed by atoms with Crippen LogP contribution in [0.1, 0.15) is 37.9 Å². The van der Waals surface area contributed by atoms with Gasteiger partial charge in [0.2, 0.25) is 0 Å². The predicted octanol–water partition coefficient (Wildman–Crippen LogP) is 4.61. The molecule has 2 aromatic carbocycles. The fraction of sp³-hybridized carbons (Fsp3) is 0.360. The van der Waals surface area contributed by atoms with Gasteiger partial charge in [0.15, 0.2) is 0 Å². The summed E-state index contributed by atoms with van der Waals surface area (Å²) in [6.07, 6.45) is 0. The molecular weight excluding hydrogens is 472 g/mol. The molecule has 1 aliphatic heterocycles. The van der Waals surface area contributed by atoms with E-state index in [-0.39, 0.29) is 11.3 Å². The third kappa shape index (κ3) is 5.05. The first kappa shape index (κ1) is 24.0. The molecule has 1 unspecified atom stereocenters. The molecule has 1 fully saturated rings. The largest absolute Gasteiger partial charge is 0.507 e. The highest BCUT2D eigenvalue weighted by atomic mass is 79.9. The lowest BCUT2D eigenvalue weighted by Gasteiger charge is -2.28. The summed E-state index contributed by atoms with van der Waals surface area (Å²) in [7, 11) is 0. The molecule has 32 heavy (non-hydrogen) atoms. The van der Waals surface area contributed by atoms with Gasteiger partial charge >= 0.3 is 0 Å². The maximum Gasteiger partial charge on any atom is 0.295 e. The van der Waals surface area contributed by atoms with E-state index in [0.29, 0.717) is 31.0 Å². The fourth-order valence-corrected chi connectivity index (χ4v) is 4.21. The number of aliphatic hydroxyl groups is 1. The van der Waals surface area contributed by atoms with Crippen LogP contribution < -0.4 is 4.74 Å². The van der Waals surface area contributed by atoms with E-state index in [9.17, 15) is 14.7 Å². The molecule has 0 saturated carbocycles. The molecule has 7 heteroatoms. The smallest absolute Gasteiger partial charge is 0.295 e. The highest BCUT2D eigenvalue weighted by Crippen LogP contribution is 2.39. The second-order valence-electron chi connectivity index (χ2n) is 7.53. The van der Waals surface area contributed by atoms with Crippen LogP contribution in [0.3, 0.4) is 0 Å². The Bertz CT molecular complexity index is 999. The van der Waals surface area contributed by atoms with Crippen molar-refractivity contribution in [3.63, 3.8) is 0 Å². The molecule has 0 radical (unpaired) electrons. The van der Waals surface area contributed by atoms with Crippen LogP contribution in [-0.4, -0.2) is 59.4 Å². The Morgan fingerprint density at radius 2 is 1.78 bits per heavy atom.